The minimum absolute atomic E-state index is 0.0494. The monoisotopic (exact) mass is 373 g/mol. The Balaban J connectivity index is 2.20. The first-order chi connectivity index (χ1) is 10.0. The molecule has 0 bridgehead atoms. The van der Waals surface area contributed by atoms with Crippen molar-refractivity contribution in [2.24, 2.45) is 0 Å². The molecule has 0 fully saturated rings. The molecule has 0 amide bonds. The van der Waals surface area contributed by atoms with Gasteiger partial charge in [0.25, 0.3) is 10.9 Å². The van der Waals surface area contributed by atoms with Crippen LogP contribution in [0.2, 0.25) is 0 Å². The van der Waals surface area contributed by atoms with Gasteiger partial charge in [0.2, 0.25) is 5.01 Å². The van der Waals surface area contributed by atoms with Crippen molar-refractivity contribution in [3.05, 3.63) is 37.8 Å². The van der Waals surface area contributed by atoms with Gasteiger partial charge in [-0.3, -0.25) is 10.1 Å². The van der Waals surface area contributed by atoms with Gasteiger partial charge in [0.05, 0.1) is 22.1 Å². The number of esters is 1. The standard InChI is InChI=1S/C11H8BrN3O5S/c1-2-19-10(16)9-13-14-11(21-9)20-8-5-6(15(17)18)3-4-7(8)12/h3-5H,2H2,1H3. The van der Waals surface area contributed by atoms with Crippen LogP contribution in [0.25, 0.3) is 0 Å². The second kappa shape index (κ2) is 6.59. The van der Waals surface area contributed by atoms with E-state index < -0.39 is 10.9 Å². The average Bonchev–Trinajstić information content (AvgIpc) is 2.90. The smallest absolute Gasteiger partial charge is 0.369 e. The van der Waals surface area contributed by atoms with Gasteiger partial charge in [-0.15, -0.1) is 5.10 Å². The summed E-state index contributed by atoms with van der Waals surface area (Å²) < 4.78 is 10.7. The van der Waals surface area contributed by atoms with Gasteiger partial charge in [0.1, 0.15) is 0 Å². The van der Waals surface area contributed by atoms with Crippen molar-refractivity contribution in [1.29, 1.82) is 0 Å². The van der Waals surface area contributed by atoms with Crippen LogP contribution in [0.3, 0.4) is 0 Å². The molecule has 10 heteroatoms. The van der Waals surface area contributed by atoms with Crippen LogP contribution < -0.4 is 4.74 Å². The number of hydrogen-bond acceptors (Lipinski definition) is 8. The highest BCUT2D eigenvalue weighted by Crippen LogP contribution is 2.34. The molecule has 110 valence electrons. The summed E-state index contributed by atoms with van der Waals surface area (Å²) in [6.07, 6.45) is 0. The van der Waals surface area contributed by atoms with E-state index in [1.807, 2.05) is 0 Å². The van der Waals surface area contributed by atoms with E-state index >= 15 is 0 Å². The number of benzene rings is 1. The Kier molecular flexibility index (Phi) is 4.81. The highest BCUT2D eigenvalue weighted by Gasteiger charge is 2.17. The minimum atomic E-state index is -0.594. The summed E-state index contributed by atoms with van der Waals surface area (Å²) in [5, 5.41) is 18.2. The molecule has 2 aromatic rings. The van der Waals surface area contributed by atoms with Gasteiger partial charge < -0.3 is 9.47 Å². The summed E-state index contributed by atoms with van der Waals surface area (Å²) in [7, 11) is 0. The molecule has 0 aliphatic carbocycles. The lowest BCUT2D eigenvalue weighted by Crippen LogP contribution is -2.03. The third-order valence-electron chi connectivity index (χ3n) is 2.18. The lowest BCUT2D eigenvalue weighted by molar-refractivity contribution is -0.384. The molecule has 0 N–H and O–H groups in total. The Labute approximate surface area is 131 Å². The molecule has 21 heavy (non-hydrogen) atoms. The Bertz CT molecular complexity index is 690. The number of nitrogens with zero attached hydrogens (tertiary/aromatic N) is 3. The molecule has 1 aromatic heterocycles. The SMILES string of the molecule is CCOC(=O)c1nnc(Oc2cc([N+](=O)[O-])ccc2Br)s1. The number of nitro groups is 1. The fraction of sp³-hybridized carbons (Fsp3) is 0.182. The van der Waals surface area contributed by atoms with Crippen molar-refractivity contribution < 1.29 is 19.2 Å². The first kappa shape index (κ1) is 15.3. The predicted molar refractivity (Wildman–Crippen MR) is 76.7 cm³/mol. The fourth-order valence-electron chi connectivity index (χ4n) is 1.30. The van der Waals surface area contributed by atoms with E-state index in [1.165, 1.54) is 18.2 Å². The summed E-state index contributed by atoms with van der Waals surface area (Å²) in [4.78, 5) is 21.6. The predicted octanol–water partition coefficient (Wildman–Crippen LogP) is 3.18. The van der Waals surface area contributed by atoms with E-state index in [1.54, 1.807) is 6.92 Å². The zero-order valence-electron chi connectivity index (χ0n) is 10.6. The molecule has 0 saturated carbocycles. The Morgan fingerprint density at radius 3 is 2.90 bits per heavy atom. The largest absolute Gasteiger partial charge is 0.461 e. The van der Waals surface area contributed by atoms with E-state index in [-0.39, 0.29) is 28.2 Å². The molecule has 0 aliphatic heterocycles. The van der Waals surface area contributed by atoms with Gasteiger partial charge in [-0.1, -0.05) is 5.10 Å². The van der Waals surface area contributed by atoms with Gasteiger partial charge in [-0.2, -0.15) is 0 Å². The van der Waals surface area contributed by atoms with Crippen LogP contribution in [0.1, 0.15) is 16.7 Å². The summed E-state index contributed by atoms with van der Waals surface area (Å²) >= 11 is 4.10. The van der Waals surface area contributed by atoms with Crippen molar-refractivity contribution >= 4 is 38.9 Å². The first-order valence-corrected chi connectivity index (χ1v) is 7.24. The van der Waals surface area contributed by atoms with Crippen LogP contribution in [0.5, 0.6) is 10.9 Å². The molecule has 0 aliphatic rings. The summed E-state index contributed by atoms with van der Waals surface area (Å²) in [5.41, 5.74) is -0.122. The summed E-state index contributed by atoms with van der Waals surface area (Å²) in [6.45, 7) is 1.90. The van der Waals surface area contributed by atoms with Crippen molar-refractivity contribution in [2.45, 2.75) is 6.92 Å². The number of carbonyl (C=O) groups is 1. The highest BCUT2D eigenvalue weighted by atomic mass is 79.9. The maximum absolute atomic E-state index is 11.5. The number of carbonyl (C=O) groups excluding carboxylic acids is 1. The first-order valence-electron chi connectivity index (χ1n) is 5.63. The number of non-ortho nitro benzene ring substituents is 1. The van der Waals surface area contributed by atoms with Gasteiger partial charge >= 0.3 is 5.97 Å². The lowest BCUT2D eigenvalue weighted by atomic mass is 10.3. The van der Waals surface area contributed by atoms with Crippen molar-refractivity contribution in [1.82, 2.24) is 10.2 Å². The second-order valence-electron chi connectivity index (χ2n) is 3.57. The van der Waals surface area contributed by atoms with Gasteiger partial charge in [0.15, 0.2) is 5.75 Å². The number of nitro benzene ring substituents is 1. The zero-order chi connectivity index (χ0) is 15.4. The molecule has 0 spiro atoms. The van der Waals surface area contributed by atoms with Gasteiger partial charge in [-0.05, 0) is 40.3 Å². The fourth-order valence-corrected chi connectivity index (χ4v) is 2.23. The van der Waals surface area contributed by atoms with Crippen molar-refractivity contribution in [3.63, 3.8) is 0 Å². The molecular formula is C11H8BrN3O5S. The highest BCUT2D eigenvalue weighted by molar-refractivity contribution is 9.10. The van der Waals surface area contributed by atoms with E-state index in [9.17, 15) is 14.9 Å². The second-order valence-corrected chi connectivity index (χ2v) is 5.36. The lowest BCUT2D eigenvalue weighted by Gasteiger charge is -2.03. The van der Waals surface area contributed by atoms with Crippen molar-refractivity contribution in [2.75, 3.05) is 6.61 Å². The third kappa shape index (κ3) is 3.73. The average molecular weight is 374 g/mol. The Hall–Kier alpha value is -2.07. The van der Waals surface area contributed by atoms with Crippen LogP contribution >= 0.6 is 27.3 Å². The zero-order valence-corrected chi connectivity index (χ0v) is 13.0. The molecule has 0 atom stereocenters. The van der Waals surface area contributed by atoms with Crippen LogP contribution in [-0.2, 0) is 4.74 Å². The number of hydrogen-bond donors (Lipinski definition) is 0. The number of halogens is 1. The molecular weight excluding hydrogens is 366 g/mol. The maximum atomic E-state index is 11.5. The molecule has 0 saturated heterocycles. The Morgan fingerprint density at radius 2 is 2.24 bits per heavy atom. The maximum Gasteiger partial charge on any atom is 0.369 e. The van der Waals surface area contributed by atoms with Crippen LogP contribution in [0.4, 0.5) is 5.69 Å². The molecule has 0 unspecified atom stereocenters. The van der Waals surface area contributed by atoms with E-state index in [0.717, 1.165) is 11.3 Å². The number of rotatable bonds is 5. The van der Waals surface area contributed by atoms with E-state index in [2.05, 4.69) is 26.1 Å². The van der Waals surface area contributed by atoms with Gasteiger partial charge in [-0.25, -0.2) is 4.79 Å². The van der Waals surface area contributed by atoms with E-state index in [4.69, 9.17) is 9.47 Å². The molecule has 1 heterocycles. The molecule has 1 aromatic carbocycles. The quantitative estimate of drug-likeness (QED) is 0.450. The summed E-state index contributed by atoms with van der Waals surface area (Å²) in [5.74, 6) is -0.390. The molecule has 8 nitrogen and oxygen atoms in total. The topological polar surface area (TPSA) is 104 Å². The number of ether oxygens (including phenoxy) is 2. The van der Waals surface area contributed by atoms with Crippen LogP contribution in [-0.4, -0.2) is 27.7 Å². The van der Waals surface area contributed by atoms with Crippen LogP contribution in [0, 0.1) is 10.1 Å². The van der Waals surface area contributed by atoms with Gasteiger partial charge in [0, 0.05) is 6.07 Å². The Morgan fingerprint density at radius 1 is 1.48 bits per heavy atom. The molecule has 0 radical (unpaired) electrons. The van der Waals surface area contributed by atoms with Crippen LogP contribution in [0.15, 0.2) is 22.7 Å². The van der Waals surface area contributed by atoms with E-state index in [0.29, 0.717) is 4.47 Å². The van der Waals surface area contributed by atoms with Crippen molar-refractivity contribution in [3.8, 4) is 10.9 Å². The normalized spacial score (nSPS) is 10.2. The minimum Gasteiger partial charge on any atom is -0.461 e. The summed E-state index contributed by atoms with van der Waals surface area (Å²) in [6, 6.07) is 4.07. The molecule has 2 rings (SSSR count). The third-order valence-corrected chi connectivity index (χ3v) is 3.62. The number of aromatic nitrogens is 2.